The summed E-state index contributed by atoms with van der Waals surface area (Å²) in [5, 5.41) is 0. The second-order valence-corrected chi connectivity index (χ2v) is 4.49. The molecule has 0 spiro atoms. The van der Waals surface area contributed by atoms with Crippen molar-refractivity contribution in [1.82, 2.24) is 4.90 Å². The predicted molar refractivity (Wildman–Crippen MR) is 65.3 cm³/mol. The molecule has 0 aromatic heterocycles. The number of rotatable bonds is 3. The Bertz CT molecular complexity index is 347. The van der Waals surface area contributed by atoms with E-state index < -0.39 is 0 Å². The molecule has 0 radical (unpaired) electrons. The molecule has 16 heavy (non-hydrogen) atoms. The lowest BCUT2D eigenvalue weighted by atomic mass is 9.99. The zero-order valence-corrected chi connectivity index (χ0v) is 9.86. The fourth-order valence-electron chi connectivity index (χ4n) is 2.36. The lowest BCUT2D eigenvalue weighted by Crippen LogP contribution is -2.27. The Morgan fingerprint density at radius 1 is 1.38 bits per heavy atom. The zero-order valence-electron chi connectivity index (χ0n) is 9.86. The Balaban J connectivity index is 1.96. The molecular formula is C14H19NO. The minimum Gasteiger partial charge on any atom is -0.342 e. The maximum absolute atomic E-state index is 11.7. The van der Waals surface area contributed by atoms with Crippen LogP contribution in [0, 0.1) is 0 Å². The zero-order chi connectivity index (χ0) is 11.4. The van der Waals surface area contributed by atoms with E-state index in [1.54, 1.807) is 0 Å². The first-order valence-electron chi connectivity index (χ1n) is 6.14. The molecule has 0 unspecified atom stereocenters. The third-order valence-corrected chi connectivity index (χ3v) is 3.28. The monoisotopic (exact) mass is 217 g/mol. The summed E-state index contributed by atoms with van der Waals surface area (Å²) in [5.74, 6) is 0.864. The molecule has 0 aliphatic carbocycles. The smallest absolute Gasteiger partial charge is 0.222 e. The highest BCUT2D eigenvalue weighted by Crippen LogP contribution is 2.27. The van der Waals surface area contributed by atoms with Crippen molar-refractivity contribution in [3.8, 4) is 0 Å². The molecular weight excluding hydrogens is 198 g/mol. The Morgan fingerprint density at radius 2 is 2.12 bits per heavy atom. The minimum atomic E-state index is 0.320. The molecule has 1 amide bonds. The average molecular weight is 217 g/mol. The summed E-state index contributed by atoms with van der Waals surface area (Å²) in [4.78, 5) is 13.8. The van der Waals surface area contributed by atoms with E-state index >= 15 is 0 Å². The van der Waals surface area contributed by atoms with E-state index in [2.05, 4.69) is 31.2 Å². The fraction of sp³-hybridized carbons (Fsp3) is 0.500. The third kappa shape index (κ3) is 2.43. The first-order chi connectivity index (χ1) is 7.81. The van der Waals surface area contributed by atoms with Crippen LogP contribution >= 0.6 is 0 Å². The van der Waals surface area contributed by atoms with Crippen LogP contribution in [-0.2, 0) is 4.79 Å². The summed E-state index contributed by atoms with van der Waals surface area (Å²) in [7, 11) is 0. The second kappa shape index (κ2) is 5.15. The van der Waals surface area contributed by atoms with E-state index in [0.29, 0.717) is 18.2 Å². The lowest BCUT2D eigenvalue weighted by Gasteiger charge is -2.16. The molecule has 0 saturated carbocycles. The second-order valence-electron chi connectivity index (χ2n) is 4.49. The van der Waals surface area contributed by atoms with E-state index in [9.17, 15) is 4.79 Å². The molecule has 0 bridgehead atoms. The molecule has 1 aliphatic heterocycles. The van der Waals surface area contributed by atoms with Crippen molar-refractivity contribution < 1.29 is 4.79 Å². The largest absolute Gasteiger partial charge is 0.342 e. The Morgan fingerprint density at radius 3 is 2.81 bits per heavy atom. The Labute approximate surface area is 97.3 Å². The molecule has 1 aromatic rings. The van der Waals surface area contributed by atoms with Crippen molar-refractivity contribution in [3.63, 3.8) is 0 Å². The van der Waals surface area contributed by atoms with Crippen molar-refractivity contribution in [2.45, 2.75) is 32.1 Å². The number of nitrogens with zero attached hydrogens (tertiary/aromatic N) is 1. The van der Waals surface area contributed by atoms with Crippen LogP contribution < -0.4 is 0 Å². The molecule has 1 aromatic carbocycles. The van der Waals surface area contributed by atoms with E-state index in [1.165, 1.54) is 5.56 Å². The third-order valence-electron chi connectivity index (χ3n) is 3.28. The van der Waals surface area contributed by atoms with E-state index in [0.717, 1.165) is 25.9 Å². The number of carbonyl (C=O) groups is 1. The van der Waals surface area contributed by atoms with Gasteiger partial charge in [0.05, 0.1) is 0 Å². The van der Waals surface area contributed by atoms with Gasteiger partial charge in [0.15, 0.2) is 0 Å². The van der Waals surface area contributed by atoms with E-state index in [4.69, 9.17) is 0 Å². The normalized spacial score (nSPS) is 20.1. The van der Waals surface area contributed by atoms with Gasteiger partial charge in [-0.1, -0.05) is 37.3 Å². The van der Waals surface area contributed by atoms with Crippen LogP contribution in [0.2, 0.25) is 0 Å². The number of likely N-dealkylation sites (tertiary alicyclic amines) is 1. The van der Waals surface area contributed by atoms with Crippen molar-refractivity contribution >= 4 is 5.91 Å². The summed E-state index contributed by atoms with van der Waals surface area (Å²) in [6, 6.07) is 10.5. The van der Waals surface area contributed by atoms with Crippen molar-refractivity contribution in [2.75, 3.05) is 13.1 Å². The van der Waals surface area contributed by atoms with Gasteiger partial charge >= 0.3 is 0 Å². The summed E-state index contributed by atoms with van der Waals surface area (Å²) in [6.45, 7) is 3.89. The van der Waals surface area contributed by atoms with E-state index in [-0.39, 0.29) is 0 Å². The van der Waals surface area contributed by atoms with E-state index in [1.807, 2.05) is 11.0 Å². The van der Waals surface area contributed by atoms with Crippen LogP contribution in [0.15, 0.2) is 30.3 Å². The van der Waals surface area contributed by atoms with Gasteiger partial charge in [-0.3, -0.25) is 4.79 Å². The van der Waals surface area contributed by atoms with Gasteiger partial charge in [-0.25, -0.2) is 0 Å². The SMILES string of the molecule is CCCC(=O)N1CC[C@H](c2ccccc2)C1. The maximum Gasteiger partial charge on any atom is 0.222 e. The highest BCUT2D eigenvalue weighted by Gasteiger charge is 2.26. The van der Waals surface area contributed by atoms with Crippen LogP contribution in [0.5, 0.6) is 0 Å². The topological polar surface area (TPSA) is 20.3 Å². The van der Waals surface area contributed by atoms with Crippen molar-refractivity contribution in [1.29, 1.82) is 0 Å². The molecule has 2 nitrogen and oxygen atoms in total. The summed E-state index contributed by atoms with van der Waals surface area (Å²) < 4.78 is 0. The molecule has 1 saturated heterocycles. The Kier molecular flexibility index (Phi) is 3.60. The minimum absolute atomic E-state index is 0.320. The van der Waals surface area contributed by atoms with Gasteiger partial charge < -0.3 is 4.90 Å². The van der Waals surface area contributed by atoms with Crippen LogP contribution in [0.25, 0.3) is 0 Å². The van der Waals surface area contributed by atoms with Crippen LogP contribution in [-0.4, -0.2) is 23.9 Å². The van der Waals surface area contributed by atoms with Crippen LogP contribution in [0.1, 0.15) is 37.7 Å². The highest BCUT2D eigenvalue weighted by atomic mass is 16.2. The van der Waals surface area contributed by atoms with Crippen molar-refractivity contribution in [3.05, 3.63) is 35.9 Å². The number of hydrogen-bond acceptors (Lipinski definition) is 1. The highest BCUT2D eigenvalue weighted by molar-refractivity contribution is 5.76. The lowest BCUT2D eigenvalue weighted by molar-refractivity contribution is -0.130. The van der Waals surface area contributed by atoms with Gasteiger partial charge in [0, 0.05) is 25.4 Å². The standard InChI is InChI=1S/C14H19NO/c1-2-6-14(16)15-10-9-13(11-15)12-7-4-3-5-8-12/h3-5,7-8,13H,2,6,9-11H2,1H3/t13-/m0/s1. The van der Waals surface area contributed by atoms with Gasteiger partial charge in [0.2, 0.25) is 5.91 Å². The number of hydrogen-bond donors (Lipinski definition) is 0. The predicted octanol–water partition coefficient (Wildman–Crippen LogP) is 2.80. The van der Waals surface area contributed by atoms with Gasteiger partial charge in [0.1, 0.15) is 0 Å². The molecule has 1 heterocycles. The van der Waals surface area contributed by atoms with Crippen LogP contribution in [0.3, 0.4) is 0 Å². The van der Waals surface area contributed by atoms with Gasteiger partial charge in [-0.15, -0.1) is 0 Å². The molecule has 1 fully saturated rings. The summed E-state index contributed by atoms with van der Waals surface area (Å²) in [5.41, 5.74) is 1.37. The fourth-order valence-corrected chi connectivity index (χ4v) is 2.36. The molecule has 2 heteroatoms. The first kappa shape index (κ1) is 11.2. The molecule has 2 rings (SSSR count). The molecule has 1 atom stereocenters. The summed E-state index contributed by atoms with van der Waals surface area (Å²) in [6.07, 6.45) is 2.76. The Hall–Kier alpha value is -1.31. The maximum atomic E-state index is 11.7. The molecule has 86 valence electrons. The summed E-state index contributed by atoms with van der Waals surface area (Å²) >= 11 is 0. The first-order valence-corrected chi connectivity index (χ1v) is 6.14. The number of benzene rings is 1. The van der Waals surface area contributed by atoms with Crippen molar-refractivity contribution in [2.24, 2.45) is 0 Å². The molecule has 1 aliphatic rings. The quantitative estimate of drug-likeness (QED) is 0.762. The molecule has 0 N–H and O–H groups in total. The van der Waals surface area contributed by atoms with Gasteiger partial charge in [-0.2, -0.15) is 0 Å². The van der Waals surface area contributed by atoms with Gasteiger partial charge in [-0.05, 0) is 18.4 Å². The number of amides is 1. The van der Waals surface area contributed by atoms with Crippen LogP contribution in [0.4, 0.5) is 0 Å². The average Bonchev–Trinajstić information content (AvgIpc) is 2.80. The number of carbonyl (C=O) groups excluding carboxylic acids is 1. The van der Waals surface area contributed by atoms with Gasteiger partial charge in [0.25, 0.3) is 0 Å².